The van der Waals surface area contributed by atoms with E-state index in [9.17, 15) is 35.6 Å². The van der Waals surface area contributed by atoms with Gasteiger partial charge < -0.3 is 9.08 Å². The number of fused-ring (bicyclic) bond motifs is 2. The molecule has 0 spiro atoms. The number of carbonyl (C=O) groups excluding carboxylic acids is 2. The van der Waals surface area contributed by atoms with E-state index in [4.69, 9.17) is 0 Å². The van der Waals surface area contributed by atoms with Gasteiger partial charge in [0.25, 0.3) is 5.91 Å². The summed E-state index contributed by atoms with van der Waals surface area (Å²) in [6.07, 6.45) is 2.82. The van der Waals surface area contributed by atoms with Crippen LogP contribution in [-0.2, 0) is 14.9 Å². The van der Waals surface area contributed by atoms with Gasteiger partial charge >= 0.3 is 15.6 Å². The van der Waals surface area contributed by atoms with Crippen LogP contribution in [0.5, 0.6) is 5.75 Å². The van der Waals surface area contributed by atoms with Crippen LogP contribution in [0.1, 0.15) is 46.8 Å². The lowest BCUT2D eigenvalue weighted by Crippen LogP contribution is -2.52. The summed E-state index contributed by atoms with van der Waals surface area (Å²) >= 11 is 0. The largest absolute Gasteiger partial charge is 0.534 e. The first-order valence-corrected chi connectivity index (χ1v) is 19.5. The highest BCUT2D eigenvalue weighted by molar-refractivity contribution is 7.88. The van der Waals surface area contributed by atoms with E-state index in [1.165, 1.54) is 31.3 Å². The number of unbranched alkanes of at least 4 members (excludes halogenated alkanes) is 1. The SMILES string of the molecule is CCCCN1CCN(C(=O)c2ccc(C3=C4C=C(F)C(=O)C(F)=C4[Si](C)(C)c4c3cc(F)c(OS(=O)(=O)C(F)(F)F)c4F)c(C)c2)CC1. The number of alkyl halides is 3. The molecule has 1 aliphatic carbocycles. The van der Waals surface area contributed by atoms with Gasteiger partial charge in [0, 0.05) is 31.7 Å². The van der Waals surface area contributed by atoms with E-state index in [0.717, 1.165) is 25.5 Å². The monoisotopic (exact) mass is 716 g/mol. The normalized spacial score (nSPS) is 18.5. The first-order chi connectivity index (χ1) is 22.3. The van der Waals surface area contributed by atoms with Crippen molar-refractivity contribution in [2.75, 3.05) is 32.7 Å². The molecule has 0 atom stereocenters. The Kier molecular flexibility index (Phi) is 9.33. The number of carbonyl (C=O) groups is 2. The molecule has 0 N–H and O–H groups in total. The smallest absolute Gasteiger partial charge is 0.370 e. The van der Waals surface area contributed by atoms with Crippen LogP contribution >= 0.6 is 0 Å². The molecule has 0 saturated carbocycles. The number of hydrogen-bond acceptors (Lipinski definition) is 6. The molecule has 1 saturated heterocycles. The predicted octanol–water partition coefficient (Wildman–Crippen LogP) is 5.99. The molecular weight excluding hydrogens is 686 g/mol. The molecular formula is C32H31F7N2O5SSi. The maximum atomic E-state index is 16.2. The number of amides is 1. The summed E-state index contributed by atoms with van der Waals surface area (Å²) in [5.74, 6) is -10.5. The van der Waals surface area contributed by atoms with E-state index in [1.807, 2.05) is 0 Å². The highest BCUT2D eigenvalue weighted by atomic mass is 32.2. The molecule has 7 nitrogen and oxygen atoms in total. The summed E-state index contributed by atoms with van der Waals surface area (Å²) < 4.78 is 129. The molecule has 16 heteroatoms. The number of Topliss-reactive ketones (excluding diaryl/α,β-unsaturated/α-hetero) is 1. The van der Waals surface area contributed by atoms with Gasteiger partial charge in [0.1, 0.15) is 8.07 Å². The van der Waals surface area contributed by atoms with E-state index in [2.05, 4.69) is 16.0 Å². The first-order valence-electron chi connectivity index (χ1n) is 15.0. The van der Waals surface area contributed by atoms with Crippen LogP contribution in [0, 0.1) is 18.6 Å². The number of piperazine rings is 1. The molecule has 0 aromatic heterocycles. The lowest BCUT2D eigenvalue weighted by Gasteiger charge is -2.38. The summed E-state index contributed by atoms with van der Waals surface area (Å²) in [5.41, 5.74) is -5.98. The second kappa shape index (κ2) is 12.6. The van der Waals surface area contributed by atoms with Gasteiger partial charge in [-0.2, -0.15) is 21.6 Å². The van der Waals surface area contributed by atoms with Gasteiger partial charge in [-0.15, -0.1) is 0 Å². The Hall–Kier alpha value is -3.76. The maximum Gasteiger partial charge on any atom is 0.534 e. The van der Waals surface area contributed by atoms with Crippen molar-refractivity contribution in [2.24, 2.45) is 0 Å². The molecule has 5 rings (SSSR count). The van der Waals surface area contributed by atoms with Crippen molar-refractivity contribution in [2.45, 2.75) is 45.3 Å². The number of benzene rings is 2. The molecule has 2 aromatic rings. The Bertz CT molecular complexity index is 1930. The second-order valence-electron chi connectivity index (χ2n) is 12.3. The summed E-state index contributed by atoms with van der Waals surface area (Å²) in [7, 11) is -10.5. The average molecular weight is 717 g/mol. The Morgan fingerprint density at radius 1 is 1.00 bits per heavy atom. The third kappa shape index (κ3) is 6.02. The van der Waals surface area contributed by atoms with Gasteiger partial charge in [0.2, 0.25) is 11.5 Å². The van der Waals surface area contributed by atoms with E-state index in [1.54, 1.807) is 11.8 Å². The van der Waals surface area contributed by atoms with Crippen molar-refractivity contribution < 1.29 is 52.9 Å². The second-order valence-corrected chi connectivity index (χ2v) is 18.1. The maximum absolute atomic E-state index is 16.2. The Balaban J connectivity index is 1.66. The van der Waals surface area contributed by atoms with Crippen LogP contribution in [0.4, 0.5) is 30.7 Å². The molecule has 258 valence electrons. The standard InChI is InChI=1S/C32H31F7N2O5SSi/c1-5-6-9-40-10-12-41(13-11-40)31(43)18-7-8-19(17(2)14-18)24-20-15-22(33)27(42)25(35)29(20)48(3,4)30-21(24)16-23(34)28(26(30)36)46-47(44,45)32(37,38)39/h7-8,14-16H,5-6,9-13H2,1-4H3. The predicted molar refractivity (Wildman–Crippen MR) is 166 cm³/mol. The quantitative estimate of drug-likeness (QED) is 0.152. The van der Waals surface area contributed by atoms with Gasteiger partial charge in [-0.3, -0.25) is 14.5 Å². The Morgan fingerprint density at radius 2 is 1.65 bits per heavy atom. The van der Waals surface area contributed by atoms with Crippen molar-refractivity contribution >= 4 is 40.6 Å². The van der Waals surface area contributed by atoms with Crippen molar-refractivity contribution in [3.8, 4) is 5.75 Å². The van der Waals surface area contributed by atoms with Crippen LogP contribution < -0.4 is 9.37 Å². The molecule has 1 fully saturated rings. The van der Waals surface area contributed by atoms with Crippen molar-refractivity contribution in [3.05, 3.63) is 86.7 Å². The van der Waals surface area contributed by atoms with Crippen LogP contribution in [0.15, 0.2) is 52.8 Å². The fraction of sp³-hybridized carbons (Fsp3) is 0.375. The minimum absolute atomic E-state index is 0.149. The number of nitrogens with zero attached hydrogens (tertiary/aromatic N) is 2. The van der Waals surface area contributed by atoms with Crippen molar-refractivity contribution in [1.82, 2.24) is 9.80 Å². The first kappa shape index (κ1) is 35.5. The van der Waals surface area contributed by atoms with E-state index >= 15 is 13.2 Å². The molecule has 1 amide bonds. The number of allylic oxidation sites excluding steroid dienone is 5. The number of hydrogen-bond donors (Lipinski definition) is 0. The number of aryl methyl sites for hydroxylation is 1. The summed E-state index contributed by atoms with van der Waals surface area (Å²) in [4.78, 5) is 29.8. The fourth-order valence-electron chi connectivity index (χ4n) is 6.43. The zero-order valence-electron chi connectivity index (χ0n) is 26.3. The van der Waals surface area contributed by atoms with Crippen LogP contribution in [0.25, 0.3) is 5.57 Å². The van der Waals surface area contributed by atoms with Gasteiger partial charge in [0.05, 0.1) is 0 Å². The van der Waals surface area contributed by atoms with Gasteiger partial charge in [-0.05, 0) is 82.4 Å². The minimum Gasteiger partial charge on any atom is -0.370 e. The van der Waals surface area contributed by atoms with Crippen LogP contribution in [0.2, 0.25) is 13.1 Å². The third-order valence-electron chi connectivity index (χ3n) is 8.85. The van der Waals surface area contributed by atoms with Crippen molar-refractivity contribution in [1.29, 1.82) is 0 Å². The lowest BCUT2D eigenvalue weighted by atomic mass is 9.86. The molecule has 2 aliphatic heterocycles. The average Bonchev–Trinajstić information content (AvgIpc) is 3.00. The zero-order valence-corrected chi connectivity index (χ0v) is 28.1. The topological polar surface area (TPSA) is 84.0 Å². The molecule has 0 unspecified atom stereocenters. The van der Waals surface area contributed by atoms with Gasteiger partial charge in [-0.1, -0.05) is 32.5 Å². The third-order valence-corrected chi connectivity index (χ3v) is 13.3. The van der Waals surface area contributed by atoms with E-state index in [0.29, 0.717) is 37.8 Å². The molecule has 2 aromatic carbocycles. The molecule has 3 aliphatic rings. The van der Waals surface area contributed by atoms with Crippen LogP contribution in [-0.4, -0.2) is 76.2 Å². The molecule has 2 heterocycles. The Morgan fingerprint density at radius 3 is 2.23 bits per heavy atom. The lowest BCUT2D eigenvalue weighted by molar-refractivity contribution is -0.115. The van der Waals surface area contributed by atoms with E-state index < -0.39 is 68.9 Å². The van der Waals surface area contributed by atoms with Crippen LogP contribution in [0.3, 0.4) is 0 Å². The number of halogens is 7. The summed E-state index contributed by atoms with van der Waals surface area (Å²) in [5, 5.41) is -0.990. The molecule has 0 bridgehead atoms. The highest BCUT2D eigenvalue weighted by Crippen LogP contribution is 2.47. The minimum atomic E-state index is -6.53. The Labute approximate surface area is 273 Å². The summed E-state index contributed by atoms with van der Waals surface area (Å²) in [6.45, 7) is 9.52. The summed E-state index contributed by atoms with van der Waals surface area (Å²) in [6, 6.07) is 4.90. The number of rotatable bonds is 7. The molecule has 48 heavy (non-hydrogen) atoms. The highest BCUT2D eigenvalue weighted by Gasteiger charge is 2.51. The zero-order chi connectivity index (χ0) is 35.5. The number of ketones is 1. The van der Waals surface area contributed by atoms with Crippen molar-refractivity contribution in [3.63, 3.8) is 0 Å². The van der Waals surface area contributed by atoms with Gasteiger partial charge in [0.15, 0.2) is 23.3 Å². The molecule has 0 radical (unpaired) electrons. The fourth-order valence-corrected chi connectivity index (χ4v) is 10.2. The van der Waals surface area contributed by atoms with Gasteiger partial charge in [-0.25, -0.2) is 17.6 Å². The van der Waals surface area contributed by atoms with E-state index in [-0.39, 0.29) is 33.7 Å².